The minimum absolute atomic E-state index is 0.0223. The van der Waals surface area contributed by atoms with Crippen molar-refractivity contribution in [2.75, 3.05) is 25.1 Å². The number of carbonyl (C=O) groups is 2. The van der Waals surface area contributed by atoms with Crippen LogP contribution in [0, 0.1) is 23.0 Å². The lowest BCUT2D eigenvalue weighted by Crippen LogP contribution is -2.47. The number of nitrogens with zero attached hydrogens (tertiary/aromatic N) is 1. The molecule has 2 amide bonds. The molecular weight excluding hydrogens is 517 g/mol. The van der Waals surface area contributed by atoms with Gasteiger partial charge in [-0.2, -0.15) is 17.6 Å². The molecule has 1 aromatic carbocycles. The van der Waals surface area contributed by atoms with E-state index in [9.17, 15) is 27.2 Å². The van der Waals surface area contributed by atoms with Crippen molar-refractivity contribution in [2.45, 2.75) is 44.6 Å². The van der Waals surface area contributed by atoms with Gasteiger partial charge in [0.2, 0.25) is 5.82 Å². The van der Waals surface area contributed by atoms with Crippen molar-refractivity contribution < 1.29 is 45.8 Å². The van der Waals surface area contributed by atoms with E-state index >= 15 is 4.39 Å². The first-order valence-corrected chi connectivity index (χ1v) is 11.7. The van der Waals surface area contributed by atoms with Gasteiger partial charge in [0, 0.05) is 34.7 Å². The lowest BCUT2D eigenvalue weighted by Gasteiger charge is -2.38. The molecule has 0 unspecified atom stereocenters. The number of ether oxygens (including phenoxy) is 3. The highest BCUT2D eigenvalue weighted by molar-refractivity contribution is 5.97. The molecule has 0 spiro atoms. The Morgan fingerprint density at radius 1 is 1.21 bits per heavy atom. The quantitative estimate of drug-likeness (QED) is 0.512. The number of amides is 2. The highest BCUT2D eigenvalue weighted by Crippen LogP contribution is 2.55. The second kappa shape index (κ2) is 9.77. The van der Waals surface area contributed by atoms with Crippen LogP contribution in [0.4, 0.5) is 27.6 Å². The summed E-state index contributed by atoms with van der Waals surface area (Å²) in [6, 6.07) is 4.30. The molecule has 2 aromatic rings. The van der Waals surface area contributed by atoms with Crippen LogP contribution in [-0.2, 0) is 14.3 Å². The molecule has 0 radical (unpaired) electrons. The number of pyridine rings is 1. The van der Waals surface area contributed by atoms with Crippen LogP contribution in [0.1, 0.15) is 42.7 Å². The largest absolute Gasteiger partial charge is 0.489 e. The number of nitrogens with two attached hydrogens (primary N) is 1. The van der Waals surface area contributed by atoms with E-state index in [0.717, 1.165) is 25.1 Å². The molecule has 2 aliphatic rings. The Hall–Kier alpha value is -3.32. The molecule has 2 saturated heterocycles. The Kier molecular flexibility index (Phi) is 7.12. The minimum Gasteiger partial charge on any atom is -0.489 e. The van der Waals surface area contributed by atoms with Crippen molar-refractivity contribution >= 4 is 17.5 Å². The number of hydrogen-bond donors (Lipinski definition) is 2. The van der Waals surface area contributed by atoms with Crippen LogP contribution in [0.25, 0.3) is 0 Å². The molecule has 13 heteroatoms. The summed E-state index contributed by atoms with van der Waals surface area (Å²) in [4.78, 5) is 28.5. The van der Waals surface area contributed by atoms with Crippen LogP contribution in [-0.4, -0.2) is 54.5 Å². The van der Waals surface area contributed by atoms with E-state index in [1.165, 1.54) is 19.2 Å². The van der Waals surface area contributed by atoms with Crippen molar-refractivity contribution in [1.29, 1.82) is 0 Å². The zero-order chi connectivity index (χ0) is 28.0. The highest BCUT2D eigenvalue weighted by atomic mass is 19.4. The molecule has 4 atom stereocenters. The van der Waals surface area contributed by atoms with Gasteiger partial charge in [0.05, 0.1) is 19.8 Å². The van der Waals surface area contributed by atoms with Crippen LogP contribution in [0.5, 0.6) is 5.75 Å². The van der Waals surface area contributed by atoms with Gasteiger partial charge in [-0.25, -0.2) is 4.39 Å². The lowest BCUT2D eigenvalue weighted by atomic mass is 9.77. The van der Waals surface area contributed by atoms with E-state index in [0.29, 0.717) is 13.2 Å². The summed E-state index contributed by atoms with van der Waals surface area (Å²) in [6.45, 7) is 4.32. The van der Waals surface area contributed by atoms with Crippen LogP contribution in [0.15, 0.2) is 30.5 Å². The zero-order valence-electron chi connectivity index (χ0n) is 20.7. The van der Waals surface area contributed by atoms with Crippen molar-refractivity contribution in [3.05, 3.63) is 53.4 Å². The molecule has 2 fully saturated rings. The van der Waals surface area contributed by atoms with Gasteiger partial charge >= 0.3 is 6.18 Å². The maximum Gasteiger partial charge on any atom is 0.417 e. The number of halogens is 5. The number of aromatic nitrogens is 1. The van der Waals surface area contributed by atoms with E-state index in [1.54, 1.807) is 6.92 Å². The highest BCUT2D eigenvalue weighted by Gasteiger charge is 2.66. The Balaban J connectivity index is 1.75. The zero-order valence-corrected chi connectivity index (χ0v) is 20.7. The number of rotatable bonds is 7. The number of anilines is 1. The first-order valence-electron chi connectivity index (χ1n) is 11.7. The van der Waals surface area contributed by atoms with Crippen molar-refractivity contribution in [1.82, 2.24) is 4.98 Å². The van der Waals surface area contributed by atoms with E-state index in [2.05, 4.69) is 10.3 Å². The molecule has 4 rings (SSSR count). The molecule has 0 aliphatic carbocycles. The maximum atomic E-state index is 15.0. The molecular formula is C25H26F5N3O5. The third-order valence-electron chi connectivity index (χ3n) is 7.11. The number of nitrogens with one attached hydrogen (secondary N) is 1. The Morgan fingerprint density at radius 3 is 2.47 bits per heavy atom. The van der Waals surface area contributed by atoms with Gasteiger partial charge in [0.15, 0.2) is 17.2 Å². The molecule has 38 heavy (non-hydrogen) atoms. The van der Waals surface area contributed by atoms with Crippen molar-refractivity contribution in [3.8, 4) is 5.75 Å². The van der Waals surface area contributed by atoms with Crippen molar-refractivity contribution in [2.24, 2.45) is 17.1 Å². The second-order valence-corrected chi connectivity index (χ2v) is 10.1. The monoisotopic (exact) mass is 543 g/mol. The van der Waals surface area contributed by atoms with Gasteiger partial charge in [-0.1, -0.05) is 19.9 Å². The summed E-state index contributed by atoms with van der Waals surface area (Å²) in [7, 11) is 0. The summed E-state index contributed by atoms with van der Waals surface area (Å²) < 4.78 is 88.0. The molecule has 3 heterocycles. The Bertz CT molecular complexity index is 1250. The fourth-order valence-electron chi connectivity index (χ4n) is 4.62. The molecule has 1 aromatic heterocycles. The molecule has 2 aliphatic heterocycles. The molecule has 3 N–H and O–H groups in total. The number of alkyl halides is 3. The SMILES string of the molecule is C[C@H]1[C@@H](c2ccc(F)c(F)c2OCC2(C)COC2)[C@H](C(=O)Nc2ccnc(C(N)=O)c2)O[C@@]1(C)C(F)(F)F. The van der Waals surface area contributed by atoms with Gasteiger partial charge in [-0.3, -0.25) is 14.6 Å². The van der Waals surface area contributed by atoms with Gasteiger partial charge in [-0.05, 0) is 25.1 Å². The first-order chi connectivity index (χ1) is 17.7. The average Bonchev–Trinajstić information content (AvgIpc) is 3.11. The first kappa shape index (κ1) is 27.7. The minimum atomic E-state index is -4.91. The molecule has 0 bridgehead atoms. The predicted octanol–water partition coefficient (Wildman–Crippen LogP) is 3.95. The number of benzene rings is 1. The number of primary amides is 1. The van der Waals surface area contributed by atoms with Gasteiger partial charge in [-0.15, -0.1) is 0 Å². The van der Waals surface area contributed by atoms with Crippen LogP contribution in [0.2, 0.25) is 0 Å². The number of carbonyl (C=O) groups excluding carboxylic acids is 2. The standard InChI is InChI=1S/C25H26F5N3O5/c1-12-17(14-4-5-15(26)18(27)19(14)37-11-23(2)9-36-10-23)20(38-24(12,3)25(28,29)30)22(35)33-13-6-7-32-16(8-13)21(31)34/h4-8,12,17,20H,9-11H2,1-3H3,(H2,31,34)(H,32,33,35)/t12-,17-,20+,24+/m0/s1. The van der Waals surface area contributed by atoms with E-state index in [4.69, 9.17) is 19.9 Å². The Labute approximate surface area is 214 Å². The van der Waals surface area contributed by atoms with E-state index < -0.39 is 64.3 Å². The Morgan fingerprint density at radius 2 is 1.89 bits per heavy atom. The summed E-state index contributed by atoms with van der Waals surface area (Å²) in [6.07, 6.45) is -5.53. The maximum absolute atomic E-state index is 15.0. The van der Waals surface area contributed by atoms with E-state index in [-0.39, 0.29) is 23.6 Å². The summed E-state index contributed by atoms with van der Waals surface area (Å²) in [5, 5.41) is 2.40. The predicted molar refractivity (Wildman–Crippen MR) is 123 cm³/mol. The topological polar surface area (TPSA) is 113 Å². The van der Waals surface area contributed by atoms with Gasteiger partial charge < -0.3 is 25.3 Å². The molecule has 0 saturated carbocycles. The lowest BCUT2D eigenvalue weighted by molar-refractivity contribution is -0.272. The fourth-order valence-corrected chi connectivity index (χ4v) is 4.62. The van der Waals surface area contributed by atoms with Gasteiger partial charge in [0.25, 0.3) is 11.8 Å². The second-order valence-electron chi connectivity index (χ2n) is 10.1. The third-order valence-corrected chi connectivity index (χ3v) is 7.11. The summed E-state index contributed by atoms with van der Waals surface area (Å²) >= 11 is 0. The van der Waals surface area contributed by atoms with Crippen LogP contribution in [0.3, 0.4) is 0 Å². The molecule has 206 valence electrons. The third kappa shape index (κ3) is 4.92. The van der Waals surface area contributed by atoms with Crippen molar-refractivity contribution in [3.63, 3.8) is 0 Å². The number of hydrogen-bond acceptors (Lipinski definition) is 6. The average molecular weight is 543 g/mol. The smallest absolute Gasteiger partial charge is 0.417 e. The van der Waals surface area contributed by atoms with Crippen LogP contribution < -0.4 is 15.8 Å². The fraction of sp³-hybridized carbons (Fsp3) is 0.480. The van der Waals surface area contributed by atoms with Gasteiger partial charge in [0.1, 0.15) is 11.8 Å². The van der Waals surface area contributed by atoms with Crippen LogP contribution >= 0.6 is 0 Å². The normalized spacial score (nSPS) is 26.5. The molecule has 8 nitrogen and oxygen atoms in total. The summed E-state index contributed by atoms with van der Waals surface area (Å²) in [5.74, 6) is -7.96. The summed E-state index contributed by atoms with van der Waals surface area (Å²) in [5.41, 5.74) is 1.57. The van der Waals surface area contributed by atoms with E-state index in [1.807, 2.05) is 0 Å².